The predicted molar refractivity (Wildman–Crippen MR) is 80.9 cm³/mol. The number of nitrogens with one attached hydrogen (secondary N) is 1. The minimum Gasteiger partial charge on any atom is -0.492 e. The van der Waals surface area contributed by atoms with Crippen LogP contribution in [0, 0.1) is 0 Å². The molecule has 0 aliphatic rings. The monoisotopic (exact) mass is 320 g/mol. The van der Waals surface area contributed by atoms with E-state index in [9.17, 15) is 0 Å². The first kappa shape index (κ1) is 14.1. The lowest BCUT2D eigenvalue weighted by Crippen LogP contribution is -2.41. The lowest BCUT2D eigenvalue weighted by atomic mass is 10.1. The molecule has 2 aromatic carbocycles. The standard InChI is InChI=1S/C15H17BrN2O/c16-13-8-6-12(7-9-13)10-14(18-17)11-19-15-4-2-1-3-5-15/h1-9,14,18H,10-11,17H2. The lowest BCUT2D eigenvalue weighted by molar-refractivity contribution is 0.264. The van der Waals surface area contributed by atoms with Crippen LogP contribution >= 0.6 is 15.9 Å². The third-order valence-corrected chi connectivity index (χ3v) is 3.35. The molecule has 0 fully saturated rings. The van der Waals surface area contributed by atoms with Gasteiger partial charge in [-0.3, -0.25) is 11.3 Å². The zero-order chi connectivity index (χ0) is 13.5. The fourth-order valence-corrected chi connectivity index (χ4v) is 2.05. The first-order chi connectivity index (χ1) is 9.28. The molecule has 0 radical (unpaired) electrons. The van der Waals surface area contributed by atoms with Crippen molar-refractivity contribution < 1.29 is 4.74 Å². The summed E-state index contributed by atoms with van der Waals surface area (Å²) in [7, 11) is 0. The van der Waals surface area contributed by atoms with Gasteiger partial charge in [0.05, 0.1) is 6.04 Å². The van der Waals surface area contributed by atoms with E-state index < -0.39 is 0 Å². The van der Waals surface area contributed by atoms with Crippen molar-refractivity contribution in [3.63, 3.8) is 0 Å². The van der Waals surface area contributed by atoms with Crippen molar-refractivity contribution in [3.8, 4) is 5.75 Å². The number of halogens is 1. The maximum atomic E-state index is 5.70. The van der Waals surface area contributed by atoms with Gasteiger partial charge in [0, 0.05) is 4.47 Å². The third kappa shape index (κ3) is 4.67. The van der Waals surface area contributed by atoms with Crippen LogP contribution in [0.2, 0.25) is 0 Å². The second-order valence-corrected chi connectivity index (χ2v) is 5.23. The van der Waals surface area contributed by atoms with Gasteiger partial charge in [0.1, 0.15) is 12.4 Å². The average molecular weight is 321 g/mol. The summed E-state index contributed by atoms with van der Waals surface area (Å²) in [6.07, 6.45) is 0.830. The van der Waals surface area contributed by atoms with Crippen molar-refractivity contribution >= 4 is 15.9 Å². The molecule has 19 heavy (non-hydrogen) atoms. The van der Waals surface area contributed by atoms with Crippen LogP contribution in [0.1, 0.15) is 5.56 Å². The Bertz CT molecular complexity index is 487. The highest BCUT2D eigenvalue weighted by atomic mass is 79.9. The summed E-state index contributed by atoms with van der Waals surface area (Å²) < 4.78 is 6.78. The fourth-order valence-electron chi connectivity index (χ4n) is 1.78. The molecule has 0 aliphatic heterocycles. The Kier molecular flexibility index (Phi) is 5.39. The summed E-state index contributed by atoms with van der Waals surface area (Å²) in [5.74, 6) is 6.44. The topological polar surface area (TPSA) is 47.3 Å². The van der Waals surface area contributed by atoms with Crippen molar-refractivity contribution in [1.82, 2.24) is 5.43 Å². The van der Waals surface area contributed by atoms with Crippen LogP contribution in [0.3, 0.4) is 0 Å². The zero-order valence-corrected chi connectivity index (χ0v) is 12.1. The summed E-state index contributed by atoms with van der Waals surface area (Å²) in [5.41, 5.74) is 4.02. The second-order valence-electron chi connectivity index (χ2n) is 4.32. The number of hydrogen-bond acceptors (Lipinski definition) is 3. The van der Waals surface area contributed by atoms with Crippen molar-refractivity contribution in [2.75, 3.05) is 6.61 Å². The minimum atomic E-state index is 0.0846. The lowest BCUT2D eigenvalue weighted by Gasteiger charge is -2.17. The Morgan fingerprint density at radius 1 is 1.05 bits per heavy atom. The van der Waals surface area contributed by atoms with Gasteiger partial charge in [0.2, 0.25) is 0 Å². The molecular formula is C15H17BrN2O. The van der Waals surface area contributed by atoms with E-state index in [0.717, 1.165) is 16.6 Å². The first-order valence-corrected chi connectivity index (χ1v) is 6.95. The molecule has 0 amide bonds. The number of rotatable bonds is 6. The SMILES string of the molecule is NNC(COc1ccccc1)Cc1ccc(Br)cc1. The molecule has 3 nitrogen and oxygen atoms in total. The van der Waals surface area contributed by atoms with Crippen molar-refractivity contribution in [2.45, 2.75) is 12.5 Å². The van der Waals surface area contributed by atoms with Crippen LogP contribution in [0.5, 0.6) is 5.75 Å². The summed E-state index contributed by atoms with van der Waals surface area (Å²) in [4.78, 5) is 0. The molecule has 2 rings (SSSR count). The van der Waals surface area contributed by atoms with Gasteiger partial charge >= 0.3 is 0 Å². The smallest absolute Gasteiger partial charge is 0.119 e. The van der Waals surface area contributed by atoms with Crippen LogP contribution in [0.4, 0.5) is 0 Å². The Labute approximate surface area is 121 Å². The van der Waals surface area contributed by atoms with Gasteiger partial charge in [-0.25, -0.2) is 0 Å². The van der Waals surface area contributed by atoms with Gasteiger partial charge in [0.25, 0.3) is 0 Å². The van der Waals surface area contributed by atoms with E-state index in [1.54, 1.807) is 0 Å². The molecule has 0 aliphatic carbocycles. The van der Waals surface area contributed by atoms with E-state index in [0.29, 0.717) is 6.61 Å². The van der Waals surface area contributed by atoms with E-state index in [-0.39, 0.29) is 6.04 Å². The summed E-state index contributed by atoms with van der Waals surface area (Å²) in [5, 5.41) is 0. The van der Waals surface area contributed by atoms with Gasteiger partial charge in [-0.15, -0.1) is 0 Å². The Morgan fingerprint density at radius 3 is 2.37 bits per heavy atom. The minimum absolute atomic E-state index is 0.0846. The maximum Gasteiger partial charge on any atom is 0.119 e. The molecule has 0 heterocycles. The van der Waals surface area contributed by atoms with E-state index in [1.165, 1.54) is 5.56 Å². The molecular weight excluding hydrogens is 304 g/mol. The molecule has 1 atom stereocenters. The Balaban J connectivity index is 1.88. The van der Waals surface area contributed by atoms with Gasteiger partial charge in [-0.2, -0.15) is 0 Å². The highest BCUT2D eigenvalue weighted by molar-refractivity contribution is 9.10. The summed E-state index contributed by atoms with van der Waals surface area (Å²) in [6.45, 7) is 0.538. The highest BCUT2D eigenvalue weighted by Gasteiger charge is 2.08. The molecule has 100 valence electrons. The second kappa shape index (κ2) is 7.28. The number of para-hydroxylation sites is 1. The Morgan fingerprint density at radius 2 is 1.74 bits per heavy atom. The van der Waals surface area contributed by atoms with Crippen LogP contribution in [-0.2, 0) is 6.42 Å². The van der Waals surface area contributed by atoms with Crippen LogP contribution in [0.25, 0.3) is 0 Å². The number of hydrogen-bond donors (Lipinski definition) is 2. The Hall–Kier alpha value is -1.36. The van der Waals surface area contributed by atoms with E-state index in [1.807, 2.05) is 42.5 Å². The molecule has 0 aromatic heterocycles. The number of benzene rings is 2. The normalized spacial score (nSPS) is 12.1. The maximum absolute atomic E-state index is 5.70. The first-order valence-electron chi connectivity index (χ1n) is 6.16. The molecule has 2 aromatic rings. The van der Waals surface area contributed by atoms with Crippen LogP contribution < -0.4 is 16.0 Å². The molecule has 0 spiro atoms. The quantitative estimate of drug-likeness (QED) is 0.635. The number of ether oxygens (including phenoxy) is 1. The number of hydrazine groups is 1. The molecule has 3 N–H and O–H groups in total. The van der Waals surface area contributed by atoms with E-state index >= 15 is 0 Å². The molecule has 4 heteroatoms. The van der Waals surface area contributed by atoms with Crippen molar-refractivity contribution in [1.29, 1.82) is 0 Å². The molecule has 0 saturated heterocycles. The third-order valence-electron chi connectivity index (χ3n) is 2.83. The van der Waals surface area contributed by atoms with Gasteiger partial charge in [-0.1, -0.05) is 46.3 Å². The average Bonchev–Trinajstić information content (AvgIpc) is 2.46. The van der Waals surface area contributed by atoms with Crippen LogP contribution in [-0.4, -0.2) is 12.6 Å². The summed E-state index contributed by atoms with van der Waals surface area (Å²) >= 11 is 3.43. The van der Waals surface area contributed by atoms with Gasteiger partial charge in [0.15, 0.2) is 0 Å². The molecule has 1 unspecified atom stereocenters. The van der Waals surface area contributed by atoms with Crippen molar-refractivity contribution in [3.05, 3.63) is 64.6 Å². The fraction of sp³-hybridized carbons (Fsp3) is 0.200. The molecule has 0 bridgehead atoms. The highest BCUT2D eigenvalue weighted by Crippen LogP contribution is 2.13. The van der Waals surface area contributed by atoms with Crippen LogP contribution in [0.15, 0.2) is 59.1 Å². The molecule has 0 saturated carbocycles. The van der Waals surface area contributed by atoms with E-state index in [2.05, 4.69) is 33.5 Å². The zero-order valence-electron chi connectivity index (χ0n) is 10.6. The number of nitrogens with two attached hydrogens (primary N) is 1. The summed E-state index contributed by atoms with van der Waals surface area (Å²) in [6, 6.07) is 18.1. The van der Waals surface area contributed by atoms with Gasteiger partial charge in [-0.05, 0) is 36.2 Å². The predicted octanol–water partition coefficient (Wildman–Crippen LogP) is 2.90. The van der Waals surface area contributed by atoms with Crippen molar-refractivity contribution in [2.24, 2.45) is 5.84 Å². The van der Waals surface area contributed by atoms with Gasteiger partial charge < -0.3 is 4.74 Å². The van der Waals surface area contributed by atoms with E-state index in [4.69, 9.17) is 10.6 Å². The largest absolute Gasteiger partial charge is 0.492 e.